The molecule has 0 spiro atoms. The summed E-state index contributed by atoms with van der Waals surface area (Å²) in [5.41, 5.74) is 20.7. The van der Waals surface area contributed by atoms with Gasteiger partial charge in [-0.1, -0.05) is 149 Å². The first kappa shape index (κ1) is 31.9. The largest absolute Gasteiger partial charge is 0.452 e. The Balaban J connectivity index is 1.05. The molecule has 0 aliphatic heterocycles. The average Bonchev–Trinajstić information content (AvgIpc) is 3.80. The van der Waals surface area contributed by atoms with Crippen molar-refractivity contribution in [3.05, 3.63) is 180 Å². The van der Waals surface area contributed by atoms with Crippen LogP contribution >= 0.6 is 0 Å². The SMILES string of the molecule is CC1(C)c2ccccc2-c2cc3c(cc21)-c1c(-c2cccc(-c4cccc(-c5nc(-c6ccccc6)nc6c5oc5ccccc56)c4)c2)cccc1C3(C)C. The Bertz CT molecular complexity index is 3040. The Hall–Kier alpha value is -6.58. The van der Waals surface area contributed by atoms with Crippen molar-refractivity contribution in [1.82, 2.24) is 9.97 Å². The first-order chi connectivity index (χ1) is 26.8. The lowest BCUT2D eigenvalue weighted by Crippen LogP contribution is -2.16. The monoisotopic (exact) mass is 706 g/mol. The van der Waals surface area contributed by atoms with Crippen LogP contribution in [0.1, 0.15) is 49.9 Å². The van der Waals surface area contributed by atoms with E-state index in [9.17, 15) is 0 Å². The smallest absolute Gasteiger partial charge is 0.180 e. The van der Waals surface area contributed by atoms with Crippen LogP contribution in [0, 0.1) is 0 Å². The summed E-state index contributed by atoms with van der Waals surface area (Å²) in [6.45, 7) is 9.52. The minimum absolute atomic E-state index is 0.0623. The zero-order chi connectivity index (χ0) is 37.1. The van der Waals surface area contributed by atoms with Gasteiger partial charge in [0, 0.05) is 27.3 Å². The van der Waals surface area contributed by atoms with Crippen molar-refractivity contribution >= 4 is 22.1 Å². The maximum atomic E-state index is 6.47. The molecule has 2 aromatic heterocycles. The number of furan rings is 1. The average molecular weight is 707 g/mol. The van der Waals surface area contributed by atoms with E-state index in [4.69, 9.17) is 14.4 Å². The summed E-state index contributed by atoms with van der Waals surface area (Å²) in [6, 6.07) is 56.8. The third-order valence-electron chi connectivity index (χ3n) is 12.3. The molecular weight excluding hydrogens is 669 g/mol. The van der Waals surface area contributed by atoms with Crippen molar-refractivity contribution in [2.75, 3.05) is 0 Å². The highest BCUT2D eigenvalue weighted by atomic mass is 16.3. The Morgan fingerprint density at radius 1 is 0.418 bits per heavy atom. The number of aromatic nitrogens is 2. The number of benzene rings is 7. The summed E-state index contributed by atoms with van der Waals surface area (Å²) in [7, 11) is 0. The molecule has 3 heteroatoms. The highest BCUT2D eigenvalue weighted by molar-refractivity contribution is 6.07. The van der Waals surface area contributed by atoms with Crippen molar-refractivity contribution < 1.29 is 4.42 Å². The van der Waals surface area contributed by atoms with E-state index >= 15 is 0 Å². The van der Waals surface area contributed by atoms with Crippen LogP contribution < -0.4 is 0 Å². The quantitative estimate of drug-likeness (QED) is 0.183. The van der Waals surface area contributed by atoms with Crippen molar-refractivity contribution in [2.45, 2.75) is 38.5 Å². The number of rotatable bonds is 4. The zero-order valence-electron chi connectivity index (χ0n) is 31.3. The molecule has 0 atom stereocenters. The van der Waals surface area contributed by atoms with Gasteiger partial charge in [-0.2, -0.15) is 0 Å². The second-order valence-corrected chi connectivity index (χ2v) is 16.2. The Morgan fingerprint density at radius 2 is 1.00 bits per heavy atom. The number of para-hydroxylation sites is 1. The highest BCUT2D eigenvalue weighted by Crippen LogP contribution is 2.57. The van der Waals surface area contributed by atoms with Gasteiger partial charge in [-0.05, 0) is 103 Å². The van der Waals surface area contributed by atoms with E-state index in [1.165, 1.54) is 55.6 Å². The summed E-state index contributed by atoms with van der Waals surface area (Å²) in [5.74, 6) is 0.682. The molecule has 0 saturated heterocycles. The summed E-state index contributed by atoms with van der Waals surface area (Å²) in [5, 5.41) is 0.986. The van der Waals surface area contributed by atoms with Crippen LogP contribution in [0.3, 0.4) is 0 Å². The lowest BCUT2D eigenvalue weighted by Gasteiger charge is -2.24. The van der Waals surface area contributed by atoms with Gasteiger partial charge >= 0.3 is 0 Å². The molecule has 11 rings (SSSR count). The Labute approximate surface area is 321 Å². The van der Waals surface area contributed by atoms with Gasteiger partial charge in [0.2, 0.25) is 0 Å². The van der Waals surface area contributed by atoms with Gasteiger partial charge in [0.25, 0.3) is 0 Å². The molecule has 0 amide bonds. The molecule has 0 bridgehead atoms. The third-order valence-corrected chi connectivity index (χ3v) is 12.3. The summed E-state index contributed by atoms with van der Waals surface area (Å²) in [6.07, 6.45) is 0. The van der Waals surface area contributed by atoms with Crippen LogP contribution in [0.2, 0.25) is 0 Å². The maximum Gasteiger partial charge on any atom is 0.180 e. The van der Waals surface area contributed by atoms with Gasteiger partial charge in [0.05, 0.1) is 0 Å². The summed E-state index contributed by atoms with van der Waals surface area (Å²) in [4.78, 5) is 10.2. The van der Waals surface area contributed by atoms with Gasteiger partial charge in [-0.3, -0.25) is 0 Å². The molecule has 0 N–H and O–H groups in total. The standard InChI is InChI=1S/C52H38N2O/c1-51(2)41-24-10-8-21-37(41)39-29-44-40(30-43(39)51)46-36(23-14-25-42(46)52(44,3)4)34-19-12-17-32(27-34)33-18-13-20-35(28-33)47-49-48(38-22-9-11-26-45(38)55-49)54-50(53-47)31-15-6-5-7-16-31/h5-30H,1-4H3. The minimum Gasteiger partial charge on any atom is -0.452 e. The predicted molar refractivity (Wildman–Crippen MR) is 226 cm³/mol. The van der Waals surface area contributed by atoms with E-state index in [-0.39, 0.29) is 10.8 Å². The first-order valence-corrected chi connectivity index (χ1v) is 19.2. The van der Waals surface area contributed by atoms with Crippen LogP contribution in [-0.4, -0.2) is 9.97 Å². The normalized spacial score (nSPS) is 14.5. The number of hydrogen-bond donors (Lipinski definition) is 0. The van der Waals surface area contributed by atoms with E-state index in [0.717, 1.165) is 44.4 Å². The lowest BCUT2D eigenvalue weighted by molar-refractivity contribution is 0.652. The van der Waals surface area contributed by atoms with Crippen LogP contribution in [0.15, 0.2) is 162 Å². The van der Waals surface area contributed by atoms with Gasteiger partial charge in [0.1, 0.15) is 16.8 Å². The molecular formula is C52H38N2O. The van der Waals surface area contributed by atoms with E-state index < -0.39 is 0 Å². The lowest BCUT2D eigenvalue weighted by atomic mass is 9.79. The predicted octanol–water partition coefficient (Wildman–Crippen LogP) is 13.7. The minimum atomic E-state index is -0.124. The zero-order valence-corrected chi connectivity index (χ0v) is 31.3. The molecule has 7 aromatic carbocycles. The molecule has 0 unspecified atom stereocenters. The maximum absolute atomic E-state index is 6.47. The fourth-order valence-corrected chi connectivity index (χ4v) is 9.44. The van der Waals surface area contributed by atoms with Crippen molar-refractivity contribution in [3.63, 3.8) is 0 Å². The van der Waals surface area contributed by atoms with Gasteiger partial charge in [0.15, 0.2) is 11.4 Å². The second-order valence-electron chi connectivity index (χ2n) is 16.2. The van der Waals surface area contributed by atoms with Crippen LogP contribution in [0.25, 0.3) is 89.2 Å². The van der Waals surface area contributed by atoms with Gasteiger partial charge in [-0.25, -0.2) is 9.97 Å². The van der Waals surface area contributed by atoms with Gasteiger partial charge in [-0.15, -0.1) is 0 Å². The van der Waals surface area contributed by atoms with E-state index in [1.54, 1.807) is 0 Å². The van der Waals surface area contributed by atoms with Crippen LogP contribution in [-0.2, 0) is 10.8 Å². The van der Waals surface area contributed by atoms with Crippen molar-refractivity contribution in [2.24, 2.45) is 0 Å². The molecule has 2 aliphatic carbocycles. The van der Waals surface area contributed by atoms with E-state index in [0.29, 0.717) is 11.4 Å². The molecule has 0 fully saturated rings. The van der Waals surface area contributed by atoms with Gasteiger partial charge < -0.3 is 4.42 Å². The summed E-state index contributed by atoms with van der Waals surface area (Å²) < 4.78 is 6.47. The van der Waals surface area contributed by atoms with Crippen molar-refractivity contribution in [1.29, 1.82) is 0 Å². The van der Waals surface area contributed by atoms with Crippen molar-refractivity contribution in [3.8, 4) is 67.2 Å². The molecule has 0 radical (unpaired) electrons. The number of fused-ring (bicyclic) bond motifs is 9. The molecule has 3 nitrogen and oxygen atoms in total. The highest BCUT2D eigenvalue weighted by Gasteiger charge is 2.42. The first-order valence-electron chi connectivity index (χ1n) is 19.2. The fourth-order valence-electron chi connectivity index (χ4n) is 9.44. The third kappa shape index (κ3) is 4.63. The topological polar surface area (TPSA) is 38.9 Å². The van der Waals surface area contributed by atoms with Crippen LogP contribution in [0.4, 0.5) is 0 Å². The second kappa shape index (κ2) is 11.5. The Morgan fingerprint density at radius 3 is 1.84 bits per heavy atom. The Kier molecular flexibility index (Phi) is 6.65. The molecule has 2 aliphatic rings. The molecule has 0 saturated carbocycles. The number of nitrogens with zero attached hydrogens (tertiary/aromatic N) is 2. The summed E-state index contributed by atoms with van der Waals surface area (Å²) >= 11 is 0. The van der Waals surface area contributed by atoms with E-state index in [2.05, 4.69) is 149 Å². The molecule has 55 heavy (non-hydrogen) atoms. The van der Waals surface area contributed by atoms with Crippen LogP contribution in [0.5, 0.6) is 0 Å². The molecule has 262 valence electrons. The fraction of sp³-hybridized carbons (Fsp3) is 0.115. The van der Waals surface area contributed by atoms with E-state index in [1.807, 2.05) is 36.4 Å². The molecule has 9 aromatic rings. The number of hydrogen-bond acceptors (Lipinski definition) is 3. The molecule has 2 heterocycles.